The molecule has 152 valence electrons. The summed E-state index contributed by atoms with van der Waals surface area (Å²) in [5.74, 6) is 0.274. The summed E-state index contributed by atoms with van der Waals surface area (Å²) in [6, 6.07) is 10.5. The number of aliphatic imine (C=N–C) groups is 1. The minimum atomic E-state index is -0.186. The smallest absolute Gasteiger partial charge is 0.260 e. The van der Waals surface area contributed by atoms with Crippen LogP contribution in [-0.2, 0) is 16.5 Å². The van der Waals surface area contributed by atoms with E-state index >= 15 is 0 Å². The maximum Gasteiger partial charge on any atom is 0.260 e. The van der Waals surface area contributed by atoms with Crippen molar-refractivity contribution in [2.75, 3.05) is 18.4 Å². The van der Waals surface area contributed by atoms with Crippen molar-refractivity contribution in [3.63, 3.8) is 0 Å². The summed E-state index contributed by atoms with van der Waals surface area (Å²) in [6.07, 6.45) is 3.25. The molecule has 2 heterocycles. The summed E-state index contributed by atoms with van der Waals surface area (Å²) in [5.41, 5.74) is 3.43. The highest BCUT2D eigenvalue weighted by Crippen LogP contribution is 2.29. The molecule has 1 N–H and O–H groups in total. The highest BCUT2D eigenvalue weighted by Gasteiger charge is 2.25. The van der Waals surface area contributed by atoms with Gasteiger partial charge in [-0.2, -0.15) is 9.88 Å². The molecule has 1 aliphatic rings. The van der Waals surface area contributed by atoms with Crippen molar-refractivity contribution in [2.24, 2.45) is 10.3 Å². The normalized spacial score (nSPS) is 13.2. The number of hydrogen-bond acceptors (Lipinski definition) is 9. The van der Waals surface area contributed by atoms with Gasteiger partial charge in [0.2, 0.25) is 5.96 Å². The summed E-state index contributed by atoms with van der Waals surface area (Å²) >= 11 is 3.55. The van der Waals surface area contributed by atoms with Crippen LogP contribution in [0, 0.1) is 4.91 Å². The van der Waals surface area contributed by atoms with E-state index in [0.29, 0.717) is 30.1 Å². The van der Waals surface area contributed by atoms with E-state index in [1.54, 1.807) is 41.6 Å². The first-order chi connectivity index (χ1) is 14.7. The van der Waals surface area contributed by atoms with E-state index in [0.717, 1.165) is 21.2 Å². The maximum atomic E-state index is 13.0. The number of aromatic nitrogens is 2. The Morgan fingerprint density at radius 3 is 2.77 bits per heavy atom. The van der Waals surface area contributed by atoms with Crippen LogP contribution in [0.25, 0.3) is 11.0 Å². The van der Waals surface area contributed by atoms with Crippen LogP contribution >= 0.6 is 15.9 Å². The van der Waals surface area contributed by atoms with Crippen LogP contribution in [0.3, 0.4) is 0 Å². The quantitative estimate of drug-likeness (QED) is 0.253. The van der Waals surface area contributed by atoms with Gasteiger partial charge in [-0.3, -0.25) is 24.7 Å². The van der Waals surface area contributed by atoms with E-state index in [9.17, 15) is 9.70 Å². The Bertz CT molecular complexity index is 1120. The number of anilines is 1. The molecule has 30 heavy (non-hydrogen) atoms. The van der Waals surface area contributed by atoms with Gasteiger partial charge in [0, 0.05) is 24.5 Å². The van der Waals surface area contributed by atoms with Crippen molar-refractivity contribution >= 4 is 44.5 Å². The SMILES string of the molecule is O=NOOCc1ccc(C(=O)N2CCN=C2Nc2ccc3nccnc3c2Br)cc1. The Hall–Kier alpha value is -3.44. The van der Waals surface area contributed by atoms with E-state index in [-0.39, 0.29) is 12.5 Å². The highest BCUT2D eigenvalue weighted by atomic mass is 79.9. The van der Waals surface area contributed by atoms with Crippen LogP contribution in [-0.4, -0.2) is 39.8 Å². The third-order valence-corrected chi connectivity index (χ3v) is 5.22. The Morgan fingerprint density at radius 2 is 1.97 bits per heavy atom. The molecule has 0 aliphatic carbocycles. The molecule has 10 nitrogen and oxygen atoms in total. The van der Waals surface area contributed by atoms with Crippen LogP contribution in [0.15, 0.2) is 63.6 Å². The second-order valence-corrected chi connectivity index (χ2v) is 7.04. The number of halogens is 1. The summed E-state index contributed by atoms with van der Waals surface area (Å²) in [4.78, 5) is 46.0. The van der Waals surface area contributed by atoms with Crippen molar-refractivity contribution in [1.82, 2.24) is 14.9 Å². The van der Waals surface area contributed by atoms with Gasteiger partial charge in [0.25, 0.3) is 5.91 Å². The summed E-state index contributed by atoms with van der Waals surface area (Å²) < 4.78 is 0.742. The Balaban J connectivity index is 1.49. The molecule has 2 aromatic carbocycles. The topological polar surface area (TPSA) is 118 Å². The molecule has 1 aromatic heterocycles. The molecule has 0 atom stereocenters. The first kappa shape index (κ1) is 19.9. The van der Waals surface area contributed by atoms with Crippen molar-refractivity contribution in [3.8, 4) is 0 Å². The number of fused-ring (bicyclic) bond motifs is 1. The van der Waals surface area contributed by atoms with Gasteiger partial charge in [-0.25, -0.2) is 0 Å². The van der Waals surface area contributed by atoms with Crippen molar-refractivity contribution in [1.29, 1.82) is 0 Å². The van der Waals surface area contributed by atoms with Crippen LogP contribution in [0.4, 0.5) is 5.69 Å². The molecule has 0 radical (unpaired) electrons. The van der Waals surface area contributed by atoms with Crippen molar-refractivity contribution in [2.45, 2.75) is 6.61 Å². The van der Waals surface area contributed by atoms with Gasteiger partial charge in [0.1, 0.15) is 12.1 Å². The molecule has 0 saturated carbocycles. The van der Waals surface area contributed by atoms with Gasteiger partial charge in [-0.15, -0.1) is 4.91 Å². The van der Waals surface area contributed by atoms with Gasteiger partial charge in [0.15, 0.2) is 5.34 Å². The van der Waals surface area contributed by atoms with Gasteiger partial charge in [-0.05, 0) is 45.8 Å². The first-order valence-electron chi connectivity index (χ1n) is 8.90. The Morgan fingerprint density at radius 1 is 1.17 bits per heavy atom. The lowest BCUT2D eigenvalue weighted by Gasteiger charge is -2.20. The van der Waals surface area contributed by atoms with Gasteiger partial charge in [-0.1, -0.05) is 12.1 Å². The summed E-state index contributed by atoms with van der Waals surface area (Å²) in [7, 11) is 0. The van der Waals surface area contributed by atoms with E-state index in [4.69, 9.17) is 0 Å². The molecule has 0 fully saturated rings. The predicted molar refractivity (Wildman–Crippen MR) is 112 cm³/mol. The molecule has 0 saturated heterocycles. The monoisotopic (exact) mass is 470 g/mol. The number of carbonyl (C=O) groups excluding carboxylic acids is 1. The van der Waals surface area contributed by atoms with Crippen LogP contribution in [0.5, 0.6) is 0 Å². The second kappa shape index (κ2) is 8.93. The lowest BCUT2D eigenvalue weighted by molar-refractivity contribution is -0.307. The molecule has 1 aliphatic heterocycles. The maximum absolute atomic E-state index is 13.0. The van der Waals surface area contributed by atoms with Gasteiger partial charge >= 0.3 is 0 Å². The lowest BCUT2D eigenvalue weighted by Crippen LogP contribution is -2.38. The average Bonchev–Trinajstić information content (AvgIpc) is 3.24. The van der Waals surface area contributed by atoms with Crippen molar-refractivity contribution < 1.29 is 14.7 Å². The fraction of sp³-hybridized carbons (Fsp3) is 0.158. The predicted octanol–water partition coefficient (Wildman–Crippen LogP) is 3.45. The van der Waals surface area contributed by atoms with Crippen molar-refractivity contribution in [3.05, 3.63) is 69.3 Å². The van der Waals surface area contributed by atoms with E-state index < -0.39 is 0 Å². The Labute approximate surface area is 178 Å². The third kappa shape index (κ3) is 4.11. The fourth-order valence-electron chi connectivity index (χ4n) is 2.99. The minimum absolute atomic E-state index is 0.0388. The number of benzene rings is 2. The molecular weight excluding hydrogens is 456 g/mol. The van der Waals surface area contributed by atoms with Gasteiger partial charge < -0.3 is 5.32 Å². The number of amides is 1. The third-order valence-electron chi connectivity index (χ3n) is 4.42. The number of nitrogens with one attached hydrogen (secondary N) is 1. The Kier molecular flexibility index (Phi) is 5.91. The number of rotatable bonds is 6. The minimum Gasteiger partial charge on any atom is -0.325 e. The summed E-state index contributed by atoms with van der Waals surface area (Å²) in [5, 5.41) is 5.36. The molecule has 0 spiro atoms. The second-order valence-electron chi connectivity index (χ2n) is 6.25. The van der Waals surface area contributed by atoms with E-state index in [2.05, 4.69) is 51.4 Å². The average molecular weight is 471 g/mol. The van der Waals surface area contributed by atoms with Crippen LogP contribution in [0.2, 0.25) is 0 Å². The number of nitrogens with zero attached hydrogens (tertiary/aromatic N) is 5. The highest BCUT2D eigenvalue weighted by molar-refractivity contribution is 9.10. The molecular formula is C19H15BrN6O4. The molecule has 4 rings (SSSR count). The standard InChI is InChI=1S/C19H15BrN6O4/c20-16-14(5-6-15-17(16)22-8-7-21-15)24-19-23-9-10-26(19)18(27)13-3-1-12(2-4-13)11-29-30-25-28/h1-8H,9-11H2,(H,23,24). The molecule has 0 unspecified atom stereocenters. The molecule has 11 heteroatoms. The zero-order valence-electron chi connectivity index (χ0n) is 15.5. The zero-order chi connectivity index (χ0) is 20.9. The molecule has 3 aromatic rings. The first-order valence-corrected chi connectivity index (χ1v) is 9.69. The number of hydrogen-bond donors (Lipinski definition) is 1. The van der Waals surface area contributed by atoms with E-state index in [1.807, 2.05) is 12.1 Å². The van der Waals surface area contributed by atoms with E-state index in [1.165, 1.54) is 0 Å². The number of carbonyl (C=O) groups is 1. The van der Waals surface area contributed by atoms with Crippen LogP contribution < -0.4 is 5.32 Å². The zero-order valence-corrected chi connectivity index (χ0v) is 17.1. The number of guanidine groups is 1. The molecule has 1 amide bonds. The lowest BCUT2D eigenvalue weighted by atomic mass is 10.1. The fourth-order valence-corrected chi connectivity index (χ4v) is 3.52. The molecule has 0 bridgehead atoms. The summed E-state index contributed by atoms with van der Waals surface area (Å²) in [6.45, 7) is 1.01. The van der Waals surface area contributed by atoms with Crippen LogP contribution in [0.1, 0.15) is 15.9 Å². The van der Waals surface area contributed by atoms with Gasteiger partial charge in [0.05, 0.1) is 22.2 Å². The largest absolute Gasteiger partial charge is 0.325 e.